The van der Waals surface area contributed by atoms with Gasteiger partial charge in [0.2, 0.25) is 0 Å². The lowest BCUT2D eigenvalue weighted by molar-refractivity contribution is -0.0642. The first-order valence-corrected chi connectivity index (χ1v) is 9.08. The van der Waals surface area contributed by atoms with Crippen molar-refractivity contribution in [1.29, 1.82) is 0 Å². The minimum atomic E-state index is -0.659. The molecule has 0 saturated heterocycles. The van der Waals surface area contributed by atoms with Gasteiger partial charge in [0, 0.05) is 17.1 Å². The van der Waals surface area contributed by atoms with Crippen LogP contribution in [0.4, 0.5) is 0 Å². The lowest BCUT2D eigenvalue weighted by atomic mass is 9.86. The topological polar surface area (TPSA) is 54.4 Å². The Kier molecular flexibility index (Phi) is 4.39. The Balaban J connectivity index is 1.63. The molecule has 134 valence electrons. The van der Waals surface area contributed by atoms with Crippen molar-refractivity contribution in [3.05, 3.63) is 71.9 Å². The summed E-state index contributed by atoms with van der Waals surface area (Å²) in [5, 5.41) is 15.5. The molecule has 4 nitrogen and oxygen atoms in total. The molecule has 2 aromatic carbocycles. The zero-order valence-corrected chi connectivity index (χ0v) is 15.1. The van der Waals surface area contributed by atoms with Crippen molar-refractivity contribution < 1.29 is 9.84 Å². The van der Waals surface area contributed by atoms with Gasteiger partial charge in [-0.3, -0.25) is 4.98 Å². The molecule has 2 N–H and O–H groups in total. The predicted octanol–water partition coefficient (Wildman–Crippen LogP) is 3.64. The number of aliphatic hydroxyl groups excluding tert-OH is 1. The van der Waals surface area contributed by atoms with Crippen molar-refractivity contribution in [2.45, 2.75) is 38.0 Å². The lowest BCUT2D eigenvalue weighted by Crippen LogP contribution is -2.52. The van der Waals surface area contributed by atoms with E-state index in [1.807, 2.05) is 44.2 Å². The van der Waals surface area contributed by atoms with Crippen LogP contribution in [0.2, 0.25) is 0 Å². The van der Waals surface area contributed by atoms with Gasteiger partial charge in [0.1, 0.15) is 17.5 Å². The fraction of sp³-hybridized carbons (Fsp3) is 0.318. The molecule has 2 atom stereocenters. The van der Waals surface area contributed by atoms with Gasteiger partial charge in [-0.1, -0.05) is 36.4 Å². The first-order valence-electron chi connectivity index (χ1n) is 9.08. The maximum Gasteiger partial charge on any atom is 0.131 e. The van der Waals surface area contributed by atoms with E-state index in [4.69, 9.17) is 4.74 Å². The minimum absolute atomic E-state index is 0.191. The van der Waals surface area contributed by atoms with E-state index in [9.17, 15) is 5.11 Å². The summed E-state index contributed by atoms with van der Waals surface area (Å²) in [6, 6.07) is 18.2. The number of aromatic nitrogens is 1. The Hall–Kier alpha value is -2.43. The van der Waals surface area contributed by atoms with Gasteiger partial charge < -0.3 is 15.2 Å². The maximum absolute atomic E-state index is 10.9. The van der Waals surface area contributed by atoms with E-state index >= 15 is 0 Å². The van der Waals surface area contributed by atoms with Crippen LogP contribution in [0.1, 0.15) is 31.0 Å². The van der Waals surface area contributed by atoms with E-state index in [0.29, 0.717) is 0 Å². The summed E-state index contributed by atoms with van der Waals surface area (Å²) in [6.07, 6.45) is 2.05. The Morgan fingerprint density at radius 2 is 1.92 bits per heavy atom. The molecule has 1 aromatic heterocycles. The number of aliphatic hydroxyl groups is 1. The molecule has 0 radical (unpaired) electrons. The summed E-state index contributed by atoms with van der Waals surface area (Å²) >= 11 is 0. The first kappa shape index (κ1) is 17.0. The molecule has 0 unspecified atom stereocenters. The number of fused-ring (bicyclic) bond motifs is 2. The van der Waals surface area contributed by atoms with E-state index in [1.54, 1.807) is 6.20 Å². The van der Waals surface area contributed by atoms with Gasteiger partial charge in [-0.25, -0.2) is 0 Å². The number of ether oxygens (including phenoxy) is 1. The van der Waals surface area contributed by atoms with Gasteiger partial charge in [0.15, 0.2) is 0 Å². The van der Waals surface area contributed by atoms with Crippen LogP contribution in [0.5, 0.6) is 5.75 Å². The summed E-state index contributed by atoms with van der Waals surface area (Å²) in [5.74, 6) is 0.818. The third kappa shape index (κ3) is 3.18. The number of nitrogens with one attached hydrogen (secondary N) is 1. The Morgan fingerprint density at radius 3 is 2.73 bits per heavy atom. The lowest BCUT2D eigenvalue weighted by Gasteiger charge is -2.42. The molecule has 26 heavy (non-hydrogen) atoms. The van der Waals surface area contributed by atoms with Gasteiger partial charge in [0.25, 0.3) is 0 Å². The van der Waals surface area contributed by atoms with Crippen molar-refractivity contribution in [3.63, 3.8) is 0 Å². The van der Waals surface area contributed by atoms with Crippen LogP contribution in [-0.4, -0.2) is 28.3 Å². The number of nitrogens with zero attached hydrogens (tertiary/aromatic N) is 1. The van der Waals surface area contributed by atoms with Gasteiger partial charge in [0.05, 0.1) is 11.6 Å². The zero-order valence-electron chi connectivity index (χ0n) is 15.1. The summed E-state index contributed by atoms with van der Waals surface area (Å²) in [7, 11) is 0. The fourth-order valence-corrected chi connectivity index (χ4v) is 3.60. The van der Waals surface area contributed by atoms with E-state index < -0.39 is 11.7 Å². The van der Waals surface area contributed by atoms with Gasteiger partial charge in [-0.2, -0.15) is 0 Å². The molecule has 3 aromatic rings. The van der Waals surface area contributed by atoms with Crippen LogP contribution < -0.4 is 10.1 Å². The molecule has 0 saturated carbocycles. The molecule has 1 aliphatic heterocycles. The number of pyridine rings is 1. The molecule has 0 fully saturated rings. The number of hydrogen-bond acceptors (Lipinski definition) is 4. The first-order chi connectivity index (χ1) is 12.5. The molecule has 0 aliphatic carbocycles. The summed E-state index contributed by atoms with van der Waals surface area (Å²) in [6.45, 7) is 4.64. The normalized spacial score (nSPS) is 21.2. The van der Waals surface area contributed by atoms with Gasteiger partial charge in [-0.15, -0.1) is 0 Å². The van der Waals surface area contributed by atoms with Crippen LogP contribution in [0.25, 0.3) is 10.9 Å². The van der Waals surface area contributed by atoms with Gasteiger partial charge >= 0.3 is 0 Å². The second-order valence-corrected chi connectivity index (χ2v) is 7.40. The fourth-order valence-electron chi connectivity index (χ4n) is 3.60. The summed E-state index contributed by atoms with van der Waals surface area (Å²) in [5.41, 5.74) is 2.50. The average Bonchev–Trinajstić information content (AvgIpc) is 2.64. The molecular weight excluding hydrogens is 324 g/mol. The highest BCUT2D eigenvalue weighted by Crippen LogP contribution is 2.41. The summed E-state index contributed by atoms with van der Waals surface area (Å²) < 4.78 is 6.12. The third-order valence-electron chi connectivity index (χ3n) is 5.09. The Labute approximate surface area is 153 Å². The van der Waals surface area contributed by atoms with E-state index in [0.717, 1.165) is 35.2 Å². The molecule has 0 spiro atoms. The Morgan fingerprint density at radius 1 is 1.12 bits per heavy atom. The smallest absolute Gasteiger partial charge is 0.131 e. The highest BCUT2D eigenvalue weighted by molar-refractivity contribution is 5.81. The highest BCUT2D eigenvalue weighted by Gasteiger charge is 2.42. The van der Waals surface area contributed by atoms with Crippen molar-refractivity contribution in [3.8, 4) is 5.75 Å². The molecule has 4 rings (SSSR count). The van der Waals surface area contributed by atoms with Crippen LogP contribution in [0.3, 0.4) is 0 Å². The average molecular weight is 348 g/mol. The third-order valence-corrected chi connectivity index (χ3v) is 5.09. The Bertz CT molecular complexity index is 908. The van der Waals surface area contributed by atoms with Crippen LogP contribution in [0.15, 0.2) is 60.8 Å². The number of hydrogen-bond donors (Lipinski definition) is 2. The molecule has 0 amide bonds. The maximum atomic E-state index is 10.9. The van der Waals surface area contributed by atoms with E-state index in [1.165, 1.54) is 5.56 Å². The minimum Gasteiger partial charge on any atom is -0.485 e. The molecule has 1 aliphatic rings. The van der Waals surface area contributed by atoms with Crippen molar-refractivity contribution in [2.75, 3.05) is 6.54 Å². The van der Waals surface area contributed by atoms with Crippen LogP contribution in [0, 0.1) is 0 Å². The van der Waals surface area contributed by atoms with Crippen LogP contribution >= 0.6 is 0 Å². The quantitative estimate of drug-likeness (QED) is 0.756. The van der Waals surface area contributed by atoms with E-state index in [2.05, 4.69) is 34.6 Å². The second kappa shape index (κ2) is 6.71. The molecular formula is C22H24N2O2. The highest BCUT2D eigenvalue weighted by atomic mass is 16.5. The predicted molar refractivity (Wildman–Crippen MR) is 103 cm³/mol. The van der Waals surface area contributed by atoms with Crippen molar-refractivity contribution >= 4 is 10.9 Å². The molecule has 0 bridgehead atoms. The standard InChI is InChI=1S/C22H24N2O2/c1-22(2)21(25)20(24-12-10-15-7-4-3-5-8-15)17-14-18-16(9-6-11-23-18)13-19(17)26-22/h3-9,11,13-14,20-21,24-25H,10,12H2,1-2H3/t20-,21+/m0/s1. The zero-order chi connectivity index (χ0) is 18.1. The molecule has 2 heterocycles. The SMILES string of the molecule is CC1(C)Oc2cc3cccnc3cc2[C@H](NCCc2ccccc2)[C@H]1O. The largest absolute Gasteiger partial charge is 0.485 e. The second-order valence-electron chi connectivity index (χ2n) is 7.40. The van der Waals surface area contributed by atoms with Crippen LogP contribution in [-0.2, 0) is 6.42 Å². The van der Waals surface area contributed by atoms with Gasteiger partial charge in [-0.05, 0) is 50.6 Å². The molecule has 4 heteroatoms. The van der Waals surface area contributed by atoms with Crippen molar-refractivity contribution in [1.82, 2.24) is 10.3 Å². The van der Waals surface area contributed by atoms with E-state index in [-0.39, 0.29) is 6.04 Å². The summed E-state index contributed by atoms with van der Waals surface area (Å²) in [4.78, 5) is 4.45. The van der Waals surface area contributed by atoms with Crippen molar-refractivity contribution in [2.24, 2.45) is 0 Å². The monoisotopic (exact) mass is 348 g/mol. The number of benzene rings is 2. The number of rotatable bonds is 4.